The summed E-state index contributed by atoms with van der Waals surface area (Å²) in [6.07, 6.45) is 21.3. The van der Waals surface area contributed by atoms with Crippen LogP contribution in [0.3, 0.4) is 0 Å². The van der Waals surface area contributed by atoms with Crippen molar-refractivity contribution in [2.75, 3.05) is 19.5 Å². The van der Waals surface area contributed by atoms with Crippen LogP contribution in [0.15, 0.2) is 65.8 Å². The lowest BCUT2D eigenvalue weighted by molar-refractivity contribution is -0.221. The molecule has 10 atom stereocenters. The summed E-state index contributed by atoms with van der Waals surface area (Å²) in [5.74, 6) is 2.39. The maximum atomic E-state index is 14.8. The van der Waals surface area contributed by atoms with Gasteiger partial charge in [0.25, 0.3) is 0 Å². The Morgan fingerprint density at radius 2 is 1.59 bits per heavy atom. The van der Waals surface area contributed by atoms with Crippen LogP contribution in [0.25, 0.3) is 0 Å². The quantitative estimate of drug-likeness (QED) is 0.170. The molecule has 61 heavy (non-hydrogen) atoms. The Bertz CT molecular complexity index is 2020. The van der Waals surface area contributed by atoms with E-state index in [0.717, 1.165) is 31.4 Å². The highest BCUT2D eigenvalue weighted by atomic mass is 32.2. The molecule has 8 rings (SSSR count). The fourth-order valence-corrected chi connectivity index (χ4v) is 17.4. The summed E-state index contributed by atoms with van der Waals surface area (Å²) >= 11 is 0. The predicted molar refractivity (Wildman–Crippen MR) is 244 cm³/mol. The summed E-state index contributed by atoms with van der Waals surface area (Å²) in [4.78, 5) is 13.4. The minimum Gasteiger partial charge on any atom is -0.460 e. The van der Waals surface area contributed by atoms with Gasteiger partial charge in [0.05, 0.1) is 16.3 Å². The van der Waals surface area contributed by atoms with Crippen molar-refractivity contribution in [3.05, 3.63) is 71.3 Å². The van der Waals surface area contributed by atoms with E-state index in [1.54, 1.807) is 0 Å². The number of aliphatic hydroxyl groups is 1. The number of carbonyl (C=O) groups excluding carboxylic acids is 1. The van der Waals surface area contributed by atoms with Gasteiger partial charge in [-0.1, -0.05) is 89.3 Å². The molecule has 0 spiro atoms. The Kier molecular flexibility index (Phi) is 11.9. The van der Waals surface area contributed by atoms with E-state index in [4.69, 9.17) is 4.74 Å². The maximum absolute atomic E-state index is 14.8. The van der Waals surface area contributed by atoms with E-state index in [1.807, 2.05) is 30.3 Å². The predicted octanol–water partition coefficient (Wildman–Crippen LogP) is 11.4. The van der Waals surface area contributed by atoms with Crippen molar-refractivity contribution in [3.8, 4) is 0 Å². The largest absolute Gasteiger partial charge is 0.460 e. The van der Waals surface area contributed by atoms with Crippen molar-refractivity contribution < 1.29 is 27.4 Å². The number of hydrogen-bond donors (Lipinski definition) is 2. The van der Waals surface area contributed by atoms with Crippen LogP contribution in [0.4, 0.5) is 4.39 Å². The minimum atomic E-state index is -3.07. The smallest absolute Gasteiger partial charge is 0.315 e. The second-order valence-corrected chi connectivity index (χ2v) is 25.6. The molecule has 7 aliphatic rings. The van der Waals surface area contributed by atoms with Crippen molar-refractivity contribution in [3.63, 3.8) is 0 Å². The van der Waals surface area contributed by atoms with Crippen LogP contribution >= 0.6 is 0 Å². The Morgan fingerprint density at radius 3 is 2.23 bits per heavy atom. The van der Waals surface area contributed by atoms with Crippen LogP contribution < -0.4 is 5.32 Å². The van der Waals surface area contributed by atoms with Crippen molar-refractivity contribution in [1.82, 2.24) is 5.32 Å². The van der Waals surface area contributed by atoms with Gasteiger partial charge in [0, 0.05) is 11.8 Å². The molecule has 0 bridgehead atoms. The van der Waals surface area contributed by atoms with Crippen LogP contribution in [0, 0.1) is 56.7 Å². The topological polar surface area (TPSA) is 92.7 Å². The van der Waals surface area contributed by atoms with Crippen LogP contribution in [0.5, 0.6) is 0 Å². The summed E-state index contributed by atoms with van der Waals surface area (Å²) < 4.78 is 45.0. The van der Waals surface area contributed by atoms with Crippen LogP contribution in [-0.2, 0) is 26.0 Å². The molecule has 0 saturated heterocycles. The van der Waals surface area contributed by atoms with Gasteiger partial charge in [-0.15, -0.1) is 0 Å². The second-order valence-electron chi connectivity index (χ2n) is 23.2. The lowest BCUT2D eigenvalue weighted by Crippen LogP contribution is -2.68. The Morgan fingerprint density at radius 1 is 0.869 bits per heavy atom. The molecule has 5 fully saturated rings. The fraction of sp³-hybridized carbons (Fsp3) is 0.755. The van der Waals surface area contributed by atoms with E-state index in [9.17, 15) is 22.7 Å². The van der Waals surface area contributed by atoms with E-state index in [2.05, 4.69) is 65.6 Å². The summed E-state index contributed by atoms with van der Waals surface area (Å²) in [7, 11) is -3.07. The highest BCUT2D eigenvalue weighted by molar-refractivity contribution is 7.91. The molecule has 1 unspecified atom stereocenters. The number of halogens is 1. The summed E-state index contributed by atoms with van der Waals surface area (Å²) in [5.41, 5.74) is 3.72. The molecule has 7 aliphatic carbocycles. The van der Waals surface area contributed by atoms with E-state index in [1.165, 1.54) is 61.5 Å². The Labute approximate surface area is 368 Å². The molecule has 0 amide bonds. The second kappa shape index (κ2) is 16.0. The normalized spacial score (nSPS) is 43.1. The summed E-state index contributed by atoms with van der Waals surface area (Å²) in [6, 6.07) is 9.65. The fourth-order valence-electron chi connectivity index (χ4n) is 16.3. The van der Waals surface area contributed by atoms with Gasteiger partial charge in [-0.2, -0.15) is 0 Å². The SMILES string of the molecule is C=C(C)C1CC[C@]2(NCC[C@]3(O)CC[C@H](S(C)(=O)=O)CC3)CC[C@]3(C)[C@H](CC[C@@H]4[C@@]5(C)CC=C(C6=CC[C@](CF)(C(=O)OCc7ccccc7)CC6)C(C)(C)[C@@H]5CC[C@]43C)[C@@H]12. The first-order valence-electron chi connectivity index (χ1n) is 24.2. The molecule has 0 heterocycles. The van der Waals surface area contributed by atoms with E-state index < -0.39 is 33.5 Å². The van der Waals surface area contributed by atoms with Gasteiger partial charge >= 0.3 is 5.97 Å². The first-order valence-corrected chi connectivity index (χ1v) is 26.1. The van der Waals surface area contributed by atoms with Crippen molar-refractivity contribution >= 4 is 15.8 Å². The number of benzene rings is 1. The molecule has 6 nitrogen and oxygen atoms in total. The van der Waals surface area contributed by atoms with Gasteiger partial charge in [0.2, 0.25) is 0 Å². The van der Waals surface area contributed by atoms with E-state index >= 15 is 0 Å². The number of nitrogens with one attached hydrogen (secondary N) is 1. The summed E-state index contributed by atoms with van der Waals surface area (Å²) in [6.45, 7) is 20.1. The third-order valence-corrected chi connectivity index (χ3v) is 21.7. The third kappa shape index (κ3) is 7.48. The van der Waals surface area contributed by atoms with Crippen LogP contribution in [0.2, 0.25) is 0 Å². The van der Waals surface area contributed by atoms with Gasteiger partial charge in [0.15, 0.2) is 0 Å². The first kappa shape index (κ1) is 45.3. The van der Waals surface area contributed by atoms with Crippen molar-refractivity contribution in [2.24, 2.45) is 56.7 Å². The van der Waals surface area contributed by atoms with Gasteiger partial charge in [-0.25, -0.2) is 12.8 Å². The standard InChI is InChI=1S/C53H78FNO5S/c1-36(2)40-20-29-53(55-33-32-52(57)27-18-39(19-28-52)61(8,58)59)31-30-49(6)42(45(40)53)14-15-44-48(5)23-21-41(47(3,4)43(48)22-24-50(44,49)7)38-16-25-51(35-54,26-17-38)46(56)60-34-37-12-10-9-11-13-37/h9-13,16,21,39-40,42-45,55,57H,1,14-15,17-20,22-35H2,2-8H3/t39-,40?,42-,43+,44-,45-,48+,49-,50-,51+,52-,53+/m1/s1. The molecular weight excluding hydrogens is 782 g/mol. The Balaban J connectivity index is 0.987. The minimum absolute atomic E-state index is 0.0301. The van der Waals surface area contributed by atoms with E-state index in [0.29, 0.717) is 81.0 Å². The van der Waals surface area contributed by atoms with Gasteiger partial charge in [-0.05, 0) is 191 Å². The monoisotopic (exact) mass is 860 g/mol. The summed E-state index contributed by atoms with van der Waals surface area (Å²) in [5, 5.41) is 15.5. The highest BCUT2D eigenvalue weighted by Gasteiger charge is 2.70. The van der Waals surface area contributed by atoms with Crippen molar-refractivity contribution in [2.45, 2.75) is 174 Å². The molecule has 0 aromatic heterocycles. The highest BCUT2D eigenvalue weighted by Crippen LogP contribution is 2.76. The van der Waals surface area contributed by atoms with Gasteiger partial charge in [-0.3, -0.25) is 4.79 Å². The number of alkyl halides is 1. The third-order valence-electron chi connectivity index (χ3n) is 20.0. The number of allylic oxidation sites excluding steroid dienone is 5. The Hall–Kier alpha value is -2.29. The van der Waals surface area contributed by atoms with E-state index in [-0.39, 0.29) is 39.1 Å². The first-order chi connectivity index (χ1) is 28.7. The molecule has 2 N–H and O–H groups in total. The molecule has 0 radical (unpaired) electrons. The van der Waals surface area contributed by atoms with Gasteiger partial charge in [0.1, 0.15) is 23.1 Å². The number of hydrogen-bond acceptors (Lipinski definition) is 6. The number of sulfone groups is 1. The molecule has 1 aromatic rings. The molecule has 1 aromatic carbocycles. The number of rotatable bonds is 11. The number of esters is 1. The molecule has 5 saturated carbocycles. The lowest BCUT2D eigenvalue weighted by atomic mass is 9.33. The number of carbonyl (C=O) groups is 1. The van der Waals surface area contributed by atoms with Crippen LogP contribution in [0.1, 0.15) is 156 Å². The molecule has 338 valence electrons. The van der Waals surface area contributed by atoms with Crippen molar-refractivity contribution in [1.29, 1.82) is 0 Å². The number of fused-ring (bicyclic) bond motifs is 7. The molecular formula is C53H78FNO5S. The zero-order valence-corrected chi connectivity index (χ0v) is 39.5. The lowest BCUT2D eigenvalue weighted by Gasteiger charge is -2.72. The number of ether oxygens (including phenoxy) is 1. The average molecular weight is 860 g/mol. The zero-order chi connectivity index (χ0) is 43.9. The molecule has 0 aliphatic heterocycles. The zero-order valence-electron chi connectivity index (χ0n) is 38.7. The van der Waals surface area contributed by atoms with Gasteiger partial charge < -0.3 is 15.2 Å². The molecule has 8 heteroatoms. The maximum Gasteiger partial charge on any atom is 0.315 e. The average Bonchev–Trinajstić information content (AvgIpc) is 3.60. The van der Waals surface area contributed by atoms with Crippen LogP contribution in [-0.4, -0.2) is 55.4 Å².